The Labute approximate surface area is 135 Å². The molecule has 0 saturated heterocycles. The molecule has 0 radical (unpaired) electrons. The molecule has 2 rings (SSSR count). The summed E-state index contributed by atoms with van der Waals surface area (Å²) in [6.07, 6.45) is -0.0667. The summed E-state index contributed by atoms with van der Waals surface area (Å²) >= 11 is 0. The van der Waals surface area contributed by atoms with E-state index in [0.29, 0.717) is 11.1 Å². The Balaban J connectivity index is 2.35. The maximum atomic E-state index is 12.5. The van der Waals surface area contributed by atoms with Crippen molar-refractivity contribution in [3.63, 3.8) is 0 Å². The summed E-state index contributed by atoms with van der Waals surface area (Å²) in [5.74, 6) is -2.65. The smallest absolute Gasteiger partial charge is 0.374 e. The molecule has 0 heterocycles. The van der Waals surface area contributed by atoms with Gasteiger partial charge in [0.2, 0.25) is 5.78 Å². The Kier molecular flexibility index (Phi) is 5.41. The van der Waals surface area contributed by atoms with E-state index in [2.05, 4.69) is 4.74 Å². The molecule has 118 valence electrons. The van der Waals surface area contributed by atoms with Gasteiger partial charge in [-0.3, -0.25) is 9.59 Å². The van der Waals surface area contributed by atoms with Crippen LogP contribution in [0, 0.1) is 6.92 Å². The molecule has 0 aliphatic rings. The minimum absolute atomic E-state index is 0.0667. The molecule has 2 aromatic rings. The van der Waals surface area contributed by atoms with E-state index in [1.165, 1.54) is 0 Å². The third-order valence-electron chi connectivity index (χ3n) is 3.75. The second-order valence-electron chi connectivity index (χ2n) is 5.26. The molecule has 1 unspecified atom stereocenters. The van der Waals surface area contributed by atoms with E-state index in [4.69, 9.17) is 0 Å². The summed E-state index contributed by atoms with van der Waals surface area (Å²) in [6.45, 7) is 1.85. The van der Waals surface area contributed by atoms with Gasteiger partial charge >= 0.3 is 5.97 Å². The summed E-state index contributed by atoms with van der Waals surface area (Å²) in [5, 5.41) is 0. The SMILES string of the molecule is COC(=O)C(=O)C(CC(=O)c1ccccc1)c1ccccc1C. The van der Waals surface area contributed by atoms with Crippen LogP contribution >= 0.6 is 0 Å². The summed E-state index contributed by atoms with van der Waals surface area (Å²) in [6, 6.07) is 16.0. The van der Waals surface area contributed by atoms with E-state index in [1.54, 1.807) is 36.4 Å². The molecule has 0 saturated carbocycles. The average molecular weight is 310 g/mol. The summed E-state index contributed by atoms with van der Waals surface area (Å²) in [4.78, 5) is 36.5. The zero-order chi connectivity index (χ0) is 16.8. The van der Waals surface area contributed by atoms with E-state index in [9.17, 15) is 14.4 Å². The van der Waals surface area contributed by atoms with Crippen LogP contribution in [0.3, 0.4) is 0 Å². The largest absolute Gasteiger partial charge is 0.463 e. The highest BCUT2D eigenvalue weighted by atomic mass is 16.5. The van der Waals surface area contributed by atoms with Crippen molar-refractivity contribution >= 4 is 17.5 Å². The van der Waals surface area contributed by atoms with Gasteiger partial charge in [-0.15, -0.1) is 0 Å². The molecule has 4 nitrogen and oxygen atoms in total. The number of carbonyl (C=O) groups is 3. The lowest BCUT2D eigenvalue weighted by atomic mass is 9.86. The van der Waals surface area contributed by atoms with Crippen LogP contribution in [0.25, 0.3) is 0 Å². The molecule has 0 fully saturated rings. The summed E-state index contributed by atoms with van der Waals surface area (Å²) in [7, 11) is 1.16. The second kappa shape index (κ2) is 7.49. The number of methoxy groups -OCH3 is 1. The quantitative estimate of drug-likeness (QED) is 0.467. The Morgan fingerprint density at radius 1 is 0.957 bits per heavy atom. The Bertz CT molecular complexity index is 719. The highest BCUT2D eigenvalue weighted by Crippen LogP contribution is 2.26. The number of benzene rings is 2. The van der Waals surface area contributed by atoms with Crippen molar-refractivity contribution in [3.05, 3.63) is 71.3 Å². The third-order valence-corrected chi connectivity index (χ3v) is 3.75. The fourth-order valence-electron chi connectivity index (χ4n) is 2.49. The normalized spacial score (nSPS) is 11.6. The van der Waals surface area contributed by atoms with Gasteiger partial charge in [-0.2, -0.15) is 0 Å². The molecule has 0 aromatic heterocycles. The molecule has 0 aliphatic heterocycles. The zero-order valence-corrected chi connectivity index (χ0v) is 13.1. The van der Waals surface area contributed by atoms with E-state index in [1.807, 2.05) is 25.1 Å². The highest BCUT2D eigenvalue weighted by molar-refractivity contribution is 6.36. The number of ether oxygens (including phenoxy) is 1. The van der Waals surface area contributed by atoms with Gasteiger partial charge in [0.1, 0.15) is 0 Å². The zero-order valence-electron chi connectivity index (χ0n) is 13.1. The maximum Gasteiger partial charge on any atom is 0.374 e. The van der Waals surface area contributed by atoms with Crippen molar-refractivity contribution in [2.75, 3.05) is 7.11 Å². The number of esters is 1. The van der Waals surface area contributed by atoms with Gasteiger partial charge in [0.05, 0.1) is 13.0 Å². The predicted octanol–water partition coefficient (Wildman–Crippen LogP) is 3.09. The first-order chi connectivity index (χ1) is 11.0. The number of hydrogen-bond acceptors (Lipinski definition) is 4. The first-order valence-corrected chi connectivity index (χ1v) is 7.30. The lowest BCUT2D eigenvalue weighted by Crippen LogP contribution is -2.26. The molecule has 0 spiro atoms. The third kappa shape index (κ3) is 3.92. The van der Waals surface area contributed by atoms with Gasteiger partial charge in [-0.25, -0.2) is 4.79 Å². The van der Waals surface area contributed by atoms with Crippen molar-refractivity contribution in [3.8, 4) is 0 Å². The van der Waals surface area contributed by atoms with Gasteiger partial charge in [0.25, 0.3) is 0 Å². The predicted molar refractivity (Wildman–Crippen MR) is 86.3 cm³/mol. The van der Waals surface area contributed by atoms with Crippen LogP contribution in [0.1, 0.15) is 33.8 Å². The Hall–Kier alpha value is -2.75. The van der Waals surface area contributed by atoms with E-state index in [-0.39, 0.29) is 12.2 Å². The molecule has 1 atom stereocenters. The molecule has 0 bridgehead atoms. The summed E-state index contributed by atoms with van der Waals surface area (Å²) < 4.78 is 4.54. The topological polar surface area (TPSA) is 60.4 Å². The molecule has 0 aliphatic carbocycles. The number of ketones is 2. The fourth-order valence-corrected chi connectivity index (χ4v) is 2.49. The first kappa shape index (κ1) is 16.6. The number of aryl methyl sites for hydroxylation is 1. The Morgan fingerprint density at radius 3 is 2.17 bits per heavy atom. The van der Waals surface area contributed by atoms with Crippen LogP contribution < -0.4 is 0 Å². The number of hydrogen-bond donors (Lipinski definition) is 0. The van der Waals surface area contributed by atoms with Gasteiger partial charge in [-0.05, 0) is 18.1 Å². The van der Waals surface area contributed by atoms with E-state index in [0.717, 1.165) is 12.7 Å². The molecule has 2 aromatic carbocycles. The maximum absolute atomic E-state index is 12.5. The number of rotatable bonds is 6. The van der Waals surface area contributed by atoms with Gasteiger partial charge < -0.3 is 4.74 Å². The second-order valence-corrected chi connectivity index (χ2v) is 5.26. The average Bonchev–Trinajstić information content (AvgIpc) is 2.59. The van der Waals surface area contributed by atoms with E-state index < -0.39 is 17.7 Å². The van der Waals surface area contributed by atoms with Crippen molar-refractivity contribution in [2.45, 2.75) is 19.3 Å². The minimum Gasteiger partial charge on any atom is -0.463 e. The number of carbonyl (C=O) groups excluding carboxylic acids is 3. The lowest BCUT2D eigenvalue weighted by molar-refractivity contribution is -0.152. The minimum atomic E-state index is -0.931. The van der Waals surface area contributed by atoms with Crippen molar-refractivity contribution in [1.82, 2.24) is 0 Å². The lowest BCUT2D eigenvalue weighted by Gasteiger charge is -2.16. The van der Waals surface area contributed by atoms with Crippen LogP contribution in [-0.2, 0) is 14.3 Å². The highest BCUT2D eigenvalue weighted by Gasteiger charge is 2.30. The summed E-state index contributed by atoms with van der Waals surface area (Å²) in [5.41, 5.74) is 2.05. The van der Waals surface area contributed by atoms with Crippen LogP contribution in [-0.4, -0.2) is 24.6 Å². The molecule has 0 amide bonds. The number of Topliss-reactive ketones (excluding diaryl/α,β-unsaturated/α-hetero) is 2. The van der Waals surface area contributed by atoms with Crippen molar-refractivity contribution in [2.24, 2.45) is 0 Å². The molecular formula is C19H18O4. The van der Waals surface area contributed by atoms with Gasteiger partial charge in [0, 0.05) is 12.0 Å². The van der Waals surface area contributed by atoms with E-state index >= 15 is 0 Å². The molecule has 23 heavy (non-hydrogen) atoms. The van der Waals surface area contributed by atoms with Crippen molar-refractivity contribution < 1.29 is 19.1 Å². The first-order valence-electron chi connectivity index (χ1n) is 7.30. The molecule has 4 heteroatoms. The molecular weight excluding hydrogens is 292 g/mol. The standard InChI is InChI=1S/C19H18O4/c1-13-8-6-7-11-15(13)16(18(21)19(22)23-2)12-17(20)14-9-4-3-5-10-14/h3-11,16H,12H2,1-2H3. The van der Waals surface area contributed by atoms with Crippen LogP contribution in [0.5, 0.6) is 0 Å². The van der Waals surface area contributed by atoms with Crippen molar-refractivity contribution in [1.29, 1.82) is 0 Å². The molecule has 0 N–H and O–H groups in total. The Morgan fingerprint density at radius 2 is 1.57 bits per heavy atom. The van der Waals surface area contributed by atoms with Gasteiger partial charge in [0.15, 0.2) is 5.78 Å². The monoisotopic (exact) mass is 310 g/mol. The van der Waals surface area contributed by atoms with Crippen LogP contribution in [0.2, 0.25) is 0 Å². The van der Waals surface area contributed by atoms with Crippen LogP contribution in [0.15, 0.2) is 54.6 Å². The van der Waals surface area contributed by atoms with Gasteiger partial charge in [-0.1, -0.05) is 54.6 Å². The fraction of sp³-hybridized carbons (Fsp3) is 0.211. The van der Waals surface area contributed by atoms with Crippen LogP contribution in [0.4, 0.5) is 0 Å².